The van der Waals surface area contributed by atoms with Crippen molar-refractivity contribution in [2.24, 2.45) is 0 Å². The van der Waals surface area contributed by atoms with Crippen molar-refractivity contribution in [1.82, 2.24) is 4.98 Å². The number of carbonyl (C=O) groups is 1. The zero-order chi connectivity index (χ0) is 18.5. The van der Waals surface area contributed by atoms with E-state index in [0.29, 0.717) is 4.88 Å². The molecule has 0 atom stereocenters. The minimum Gasteiger partial charge on any atom is -0.465 e. The SMILES string of the molecule is Br.CCCc1ccccc1Nc1nc(-c2cc(C(=O)OC)sc2SC)cs1. The van der Waals surface area contributed by atoms with Crippen LogP contribution in [0.4, 0.5) is 10.8 Å². The van der Waals surface area contributed by atoms with E-state index in [4.69, 9.17) is 9.72 Å². The minimum atomic E-state index is -0.307. The molecule has 1 N–H and O–H groups in total. The lowest BCUT2D eigenvalue weighted by molar-refractivity contribution is 0.0606. The molecule has 0 unspecified atom stereocenters. The summed E-state index contributed by atoms with van der Waals surface area (Å²) in [6.07, 6.45) is 4.14. The summed E-state index contributed by atoms with van der Waals surface area (Å²) >= 11 is 4.62. The van der Waals surface area contributed by atoms with Crippen LogP contribution in [0.25, 0.3) is 11.3 Å². The van der Waals surface area contributed by atoms with E-state index in [1.165, 1.54) is 24.0 Å². The third-order valence-corrected chi connectivity index (χ3v) is 6.84. The van der Waals surface area contributed by atoms with Crippen LogP contribution in [-0.2, 0) is 11.2 Å². The first kappa shape index (κ1) is 21.9. The number of nitrogens with zero attached hydrogens (tertiary/aromatic N) is 1. The van der Waals surface area contributed by atoms with Crippen LogP contribution in [0.3, 0.4) is 0 Å². The second kappa shape index (κ2) is 10.3. The zero-order valence-electron chi connectivity index (χ0n) is 15.3. The van der Waals surface area contributed by atoms with Crippen LogP contribution in [-0.4, -0.2) is 24.3 Å². The smallest absolute Gasteiger partial charge is 0.348 e. The maximum atomic E-state index is 11.8. The van der Waals surface area contributed by atoms with Gasteiger partial charge in [-0.3, -0.25) is 0 Å². The number of rotatable bonds is 7. The number of carbonyl (C=O) groups excluding carboxylic acids is 1. The number of nitrogens with one attached hydrogen (secondary N) is 1. The zero-order valence-corrected chi connectivity index (χ0v) is 19.4. The number of thioether (sulfide) groups is 1. The molecule has 0 aliphatic rings. The Balaban J connectivity index is 0.00000261. The molecule has 0 spiro atoms. The van der Waals surface area contributed by atoms with Crippen molar-refractivity contribution in [3.63, 3.8) is 0 Å². The Morgan fingerprint density at radius 2 is 2.11 bits per heavy atom. The normalized spacial score (nSPS) is 10.3. The van der Waals surface area contributed by atoms with Crippen LogP contribution < -0.4 is 5.32 Å². The van der Waals surface area contributed by atoms with E-state index in [2.05, 4.69) is 30.4 Å². The summed E-state index contributed by atoms with van der Waals surface area (Å²) in [5.74, 6) is -0.307. The first-order valence-corrected chi connectivity index (χ1v) is 11.1. The molecule has 1 aromatic carbocycles. The fourth-order valence-electron chi connectivity index (χ4n) is 2.61. The third kappa shape index (κ3) is 5.13. The summed E-state index contributed by atoms with van der Waals surface area (Å²) in [6.45, 7) is 2.18. The van der Waals surface area contributed by atoms with Crippen molar-refractivity contribution < 1.29 is 9.53 Å². The standard InChI is InChI=1S/C19H20N2O2S3.BrH/c1-4-7-12-8-5-6-9-14(12)20-19-21-15(11-25-19)13-10-16(17(22)23-2)26-18(13)24-3;/h5-6,8-11H,4,7H2,1-3H3,(H,20,21);1H. The number of methoxy groups -OCH3 is 1. The second-order valence-corrected chi connectivity index (χ2v) is 8.56. The largest absolute Gasteiger partial charge is 0.465 e. The number of hydrogen-bond acceptors (Lipinski definition) is 7. The molecule has 2 aromatic heterocycles. The summed E-state index contributed by atoms with van der Waals surface area (Å²) in [6, 6.07) is 10.2. The summed E-state index contributed by atoms with van der Waals surface area (Å²) in [7, 11) is 1.40. The van der Waals surface area contributed by atoms with Gasteiger partial charge in [0.05, 0.1) is 17.0 Å². The summed E-state index contributed by atoms with van der Waals surface area (Å²) in [4.78, 5) is 17.2. The number of benzene rings is 1. The van der Waals surface area contributed by atoms with Crippen LogP contribution in [0.1, 0.15) is 28.6 Å². The van der Waals surface area contributed by atoms with Crippen LogP contribution in [0.15, 0.2) is 39.9 Å². The number of ether oxygens (including phenoxy) is 1. The Morgan fingerprint density at radius 3 is 2.81 bits per heavy atom. The molecule has 0 radical (unpaired) electrons. The van der Waals surface area contributed by atoms with Gasteiger partial charge in [0, 0.05) is 16.6 Å². The third-order valence-electron chi connectivity index (χ3n) is 3.83. The van der Waals surface area contributed by atoms with Gasteiger partial charge in [-0.2, -0.15) is 0 Å². The highest BCUT2D eigenvalue weighted by Gasteiger charge is 2.18. The van der Waals surface area contributed by atoms with Crippen LogP contribution in [0.2, 0.25) is 0 Å². The molecule has 0 bridgehead atoms. The maximum absolute atomic E-state index is 11.8. The Morgan fingerprint density at radius 1 is 1.33 bits per heavy atom. The molecule has 8 heteroatoms. The Kier molecular flexibility index (Phi) is 8.34. The Bertz CT molecular complexity index is 908. The lowest BCUT2D eigenvalue weighted by Gasteiger charge is -2.08. The highest BCUT2D eigenvalue weighted by atomic mass is 79.9. The molecule has 27 heavy (non-hydrogen) atoms. The lowest BCUT2D eigenvalue weighted by Crippen LogP contribution is -1.97. The molecule has 3 rings (SSSR count). The summed E-state index contributed by atoms with van der Waals surface area (Å²) < 4.78 is 5.90. The van der Waals surface area contributed by atoms with Crippen LogP contribution in [0, 0.1) is 0 Å². The number of anilines is 2. The van der Waals surface area contributed by atoms with E-state index in [9.17, 15) is 4.79 Å². The summed E-state index contributed by atoms with van der Waals surface area (Å²) in [5.41, 5.74) is 4.25. The molecule has 0 saturated heterocycles. The average molecular weight is 485 g/mol. The van der Waals surface area contributed by atoms with Crippen molar-refractivity contribution in [2.75, 3.05) is 18.7 Å². The molecule has 0 amide bonds. The molecule has 0 aliphatic carbocycles. The molecule has 0 saturated carbocycles. The number of hydrogen-bond donors (Lipinski definition) is 1. The van der Waals surface area contributed by atoms with E-state index in [0.717, 1.165) is 39.1 Å². The molecule has 0 fully saturated rings. The van der Waals surface area contributed by atoms with Crippen molar-refractivity contribution in [3.05, 3.63) is 46.2 Å². The van der Waals surface area contributed by atoms with Crippen molar-refractivity contribution in [1.29, 1.82) is 0 Å². The highest BCUT2D eigenvalue weighted by Crippen LogP contribution is 2.39. The predicted octanol–water partition coefficient (Wildman–Crippen LogP) is 6.65. The van der Waals surface area contributed by atoms with E-state index in [1.54, 1.807) is 23.1 Å². The van der Waals surface area contributed by atoms with E-state index in [1.807, 2.05) is 23.8 Å². The van der Waals surface area contributed by atoms with E-state index in [-0.39, 0.29) is 23.0 Å². The monoisotopic (exact) mass is 484 g/mol. The van der Waals surface area contributed by atoms with Gasteiger partial charge in [-0.1, -0.05) is 31.5 Å². The quantitative estimate of drug-likeness (QED) is 0.300. The first-order valence-electron chi connectivity index (χ1n) is 8.23. The summed E-state index contributed by atoms with van der Waals surface area (Å²) in [5, 5.41) is 6.31. The number of thiazole rings is 1. The molecule has 2 heterocycles. The second-order valence-electron chi connectivity index (χ2n) is 5.58. The number of aromatic nitrogens is 1. The fourth-order valence-corrected chi connectivity index (χ4v) is 5.13. The molecule has 144 valence electrons. The first-order chi connectivity index (χ1) is 12.7. The van der Waals surface area contributed by atoms with Gasteiger partial charge in [0.1, 0.15) is 4.88 Å². The average Bonchev–Trinajstić information content (AvgIpc) is 3.29. The Hall–Kier alpha value is -1.35. The van der Waals surface area contributed by atoms with Gasteiger partial charge >= 0.3 is 5.97 Å². The van der Waals surface area contributed by atoms with Gasteiger partial charge in [0.25, 0.3) is 0 Å². The topological polar surface area (TPSA) is 51.2 Å². The van der Waals surface area contributed by atoms with Gasteiger partial charge in [0.15, 0.2) is 5.13 Å². The van der Waals surface area contributed by atoms with Crippen molar-refractivity contribution >= 4 is 68.2 Å². The van der Waals surface area contributed by atoms with Gasteiger partial charge in [-0.05, 0) is 30.4 Å². The van der Waals surface area contributed by atoms with Gasteiger partial charge in [0.2, 0.25) is 0 Å². The number of thiophene rings is 1. The van der Waals surface area contributed by atoms with Crippen molar-refractivity contribution in [3.8, 4) is 11.3 Å². The van der Waals surface area contributed by atoms with Crippen LogP contribution in [0.5, 0.6) is 0 Å². The number of halogens is 1. The number of para-hydroxylation sites is 1. The lowest BCUT2D eigenvalue weighted by atomic mass is 10.1. The molecule has 3 aromatic rings. The van der Waals surface area contributed by atoms with E-state index < -0.39 is 0 Å². The predicted molar refractivity (Wildman–Crippen MR) is 123 cm³/mol. The maximum Gasteiger partial charge on any atom is 0.348 e. The molecular weight excluding hydrogens is 464 g/mol. The molecule has 0 aliphatic heterocycles. The van der Waals surface area contributed by atoms with Crippen LogP contribution >= 0.6 is 51.4 Å². The van der Waals surface area contributed by atoms with Crippen molar-refractivity contribution in [2.45, 2.75) is 24.0 Å². The molecular formula is C19H21BrN2O2S3. The Labute approximate surface area is 182 Å². The number of aryl methyl sites for hydroxylation is 1. The van der Waals surface area contributed by atoms with Gasteiger partial charge in [-0.25, -0.2) is 9.78 Å². The van der Waals surface area contributed by atoms with Gasteiger partial charge in [-0.15, -0.1) is 51.4 Å². The van der Waals surface area contributed by atoms with Gasteiger partial charge < -0.3 is 10.1 Å². The molecule has 4 nitrogen and oxygen atoms in total. The fraction of sp³-hybridized carbons (Fsp3) is 0.263. The minimum absolute atomic E-state index is 0. The van der Waals surface area contributed by atoms with E-state index >= 15 is 0 Å². The highest BCUT2D eigenvalue weighted by molar-refractivity contribution is 8.93. The number of esters is 1.